The molecule has 0 unspecified atom stereocenters. The molecule has 0 saturated carbocycles. The molecule has 194 valence electrons. The summed E-state index contributed by atoms with van der Waals surface area (Å²) >= 11 is 1.45. The molecule has 0 aliphatic rings. The maximum Gasteiger partial charge on any atom is 0.264 e. The summed E-state index contributed by atoms with van der Waals surface area (Å²) in [6.45, 7) is 6.28. The lowest BCUT2D eigenvalue weighted by atomic mass is 10.1. The standard InChI is InChI=1S/C29H27N3O4S2/c1-4-32(23-9-6-5-7-10-23)38(34,35)25-16-14-22(15-17-25)28(33)31(19-24-11-8-18-36-24)29-30-26-20(2)12-13-21(3)27(26)37-29/h5-18H,4,19H2,1-3H3. The molecule has 3 aromatic carbocycles. The molecule has 0 fully saturated rings. The number of fused-ring (bicyclic) bond motifs is 1. The van der Waals surface area contributed by atoms with Gasteiger partial charge in [-0.3, -0.25) is 14.0 Å². The third kappa shape index (κ3) is 4.82. The Morgan fingerprint density at radius 3 is 2.26 bits per heavy atom. The van der Waals surface area contributed by atoms with Gasteiger partial charge in [0, 0.05) is 12.1 Å². The molecule has 1 amide bonds. The summed E-state index contributed by atoms with van der Waals surface area (Å²) in [6.07, 6.45) is 1.57. The van der Waals surface area contributed by atoms with Crippen molar-refractivity contribution in [3.63, 3.8) is 0 Å². The summed E-state index contributed by atoms with van der Waals surface area (Å²) in [5.74, 6) is 0.321. The molecule has 2 aromatic heterocycles. The highest BCUT2D eigenvalue weighted by Crippen LogP contribution is 2.34. The predicted octanol–water partition coefficient (Wildman–Crippen LogP) is 6.57. The molecule has 0 bridgehead atoms. The zero-order valence-corrected chi connectivity index (χ0v) is 22.9. The van der Waals surface area contributed by atoms with Gasteiger partial charge in [-0.15, -0.1) is 0 Å². The number of carbonyl (C=O) groups excluding carboxylic acids is 1. The van der Waals surface area contributed by atoms with E-state index in [2.05, 4.69) is 0 Å². The average molecular weight is 546 g/mol. The molecule has 5 rings (SSSR count). The Kier molecular flexibility index (Phi) is 7.05. The number of amides is 1. The van der Waals surface area contributed by atoms with Gasteiger partial charge in [0.2, 0.25) is 0 Å². The van der Waals surface area contributed by atoms with E-state index in [1.54, 1.807) is 60.6 Å². The lowest BCUT2D eigenvalue weighted by molar-refractivity contribution is 0.0983. The molecule has 9 heteroatoms. The molecule has 0 saturated heterocycles. The third-order valence-electron chi connectivity index (χ3n) is 6.32. The number of aromatic nitrogens is 1. The summed E-state index contributed by atoms with van der Waals surface area (Å²) in [7, 11) is -3.80. The first-order valence-corrected chi connectivity index (χ1v) is 14.4. The van der Waals surface area contributed by atoms with E-state index in [0.29, 0.717) is 22.1 Å². The minimum atomic E-state index is -3.80. The number of hydrogen-bond acceptors (Lipinski definition) is 6. The third-order valence-corrected chi connectivity index (χ3v) is 9.45. The van der Waals surface area contributed by atoms with Gasteiger partial charge in [0.05, 0.1) is 33.6 Å². The summed E-state index contributed by atoms with van der Waals surface area (Å²) in [5.41, 5.74) is 3.93. The first-order chi connectivity index (χ1) is 18.3. The van der Waals surface area contributed by atoms with E-state index in [1.807, 2.05) is 38.1 Å². The number of hydrogen-bond donors (Lipinski definition) is 0. The maximum absolute atomic E-state index is 13.8. The van der Waals surface area contributed by atoms with Gasteiger partial charge in [-0.05, 0) is 80.4 Å². The molecule has 0 radical (unpaired) electrons. The van der Waals surface area contributed by atoms with Crippen molar-refractivity contribution in [2.45, 2.75) is 32.2 Å². The molecule has 2 heterocycles. The molecule has 0 N–H and O–H groups in total. The van der Waals surface area contributed by atoms with Crippen molar-refractivity contribution in [1.29, 1.82) is 0 Å². The lowest BCUT2D eigenvalue weighted by Crippen LogP contribution is -2.31. The van der Waals surface area contributed by atoms with E-state index in [4.69, 9.17) is 9.40 Å². The van der Waals surface area contributed by atoms with Crippen LogP contribution < -0.4 is 9.21 Å². The van der Waals surface area contributed by atoms with Gasteiger partial charge in [0.1, 0.15) is 5.76 Å². The summed E-state index contributed by atoms with van der Waals surface area (Å²) in [5, 5.41) is 0.553. The fourth-order valence-electron chi connectivity index (χ4n) is 4.29. The number of sulfonamides is 1. The van der Waals surface area contributed by atoms with Crippen LogP contribution in [0.5, 0.6) is 0 Å². The zero-order chi connectivity index (χ0) is 26.9. The fraction of sp³-hybridized carbons (Fsp3) is 0.172. The van der Waals surface area contributed by atoms with Crippen LogP contribution in [-0.4, -0.2) is 25.9 Å². The van der Waals surface area contributed by atoms with E-state index < -0.39 is 10.0 Å². The topological polar surface area (TPSA) is 83.7 Å². The number of rotatable bonds is 8. The van der Waals surface area contributed by atoms with Crippen molar-refractivity contribution in [2.75, 3.05) is 15.7 Å². The van der Waals surface area contributed by atoms with Gasteiger partial charge < -0.3 is 4.42 Å². The van der Waals surface area contributed by atoms with Crippen LogP contribution in [0.2, 0.25) is 0 Å². The Balaban J connectivity index is 1.49. The second-order valence-corrected chi connectivity index (χ2v) is 11.7. The van der Waals surface area contributed by atoms with Gasteiger partial charge in [0.15, 0.2) is 5.13 Å². The molecule has 0 spiro atoms. The molecular weight excluding hydrogens is 518 g/mol. The van der Waals surface area contributed by atoms with Gasteiger partial charge in [-0.1, -0.05) is 41.7 Å². The highest BCUT2D eigenvalue weighted by atomic mass is 32.2. The predicted molar refractivity (Wildman–Crippen MR) is 151 cm³/mol. The Bertz CT molecular complexity index is 1640. The van der Waals surface area contributed by atoms with Crippen LogP contribution in [0, 0.1) is 13.8 Å². The number of thiazole rings is 1. The van der Waals surface area contributed by atoms with Crippen LogP contribution in [-0.2, 0) is 16.6 Å². The summed E-state index contributed by atoms with van der Waals surface area (Å²) in [4.78, 5) is 20.3. The minimum Gasteiger partial charge on any atom is -0.467 e. The van der Waals surface area contributed by atoms with Crippen LogP contribution in [0.3, 0.4) is 0 Å². The lowest BCUT2D eigenvalue weighted by Gasteiger charge is -2.23. The number of carbonyl (C=O) groups is 1. The number of aryl methyl sites for hydroxylation is 2. The van der Waals surface area contributed by atoms with E-state index in [9.17, 15) is 13.2 Å². The van der Waals surface area contributed by atoms with Gasteiger partial charge in [0.25, 0.3) is 15.9 Å². The fourth-order valence-corrected chi connectivity index (χ4v) is 6.87. The van der Waals surface area contributed by atoms with Gasteiger partial charge in [-0.25, -0.2) is 13.4 Å². The molecule has 7 nitrogen and oxygen atoms in total. The number of nitrogens with zero attached hydrogens (tertiary/aromatic N) is 3. The Morgan fingerprint density at radius 1 is 0.921 bits per heavy atom. The normalized spacial score (nSPS) is 11.6. The Hall–Kier alpha value is -3.95. The monoisotopic (exact) mass is 545 g/mol. The van der Waals surface area contributed by atoms with Gasteiger partial charge >= 0.3 is 0 Å². The summed E-state index contributed by atoms with van der Waals surface area (Å²) < 4.78 is 34.7. The van der Waals surface area contributed by atoms with E-state index >= 15 is 0 Å². The molecule has 0 atom stereocenters. The highest BCUT2D eigenvalue weighted by Gasteiger charge is 2.26. The van der Waals surface area contributed by atoms with Crippen LogP contribution >= 0.6 is 11.3 Å². The molecule has 0 aliphatic carbocycles. The SMILES string of the molecule is CCN(c1ccccc1)S(=O)(=O)c1ccc(C(=O)N(Cc2ccco2)c2nc3c(C)ccc(C)c3s2)cc1. The maximum atomic E-state index is 13.8. The zero-order valence-electron chi connectivity index (χ0n) is 21.3. The smallest absolute Gasteiger partial charge is 0.264 e. The van der Waals surface area contributed by atoms with E-state index in [1.165, 1.54) is 27.8 Å². The number of para-hydroxylation sites is 1. The van der Waals surface area contributed by atoms with Crippen LogP contribution in [0.15, 0.2) is 94.4 Å². The van der Waals surface area contributed by atoms with Crippen LogP contribution in [0.1, 0.15) is 34.2 Å². The molecule has 5 aromatic rings. The van der Waals surface area contributed by atoms with E-state index in [-0.39, 0.29) is 23.9 Å². The van der Waals surface area contributed by atoms with Crippen molar-refractivity contribution < 1.29 is 17.6 Å². The van der Waals surface area contributed by atoms with Crippen molar-refractivity contribution in [3.05, 3.63) is 108 Å². The summed E-state index contributed by atoms with van der Waals surface area (Å²) in [6, 6.07) is 22.7. The Labute approximate surface area is 226 Å². The second-order valence-electron chi connectivity index (χ2n) is 8.87. The van der Waals surface area contributed by atoms with Crippen LogP contribution in [0.4, 0.5) is 10.8 Å². The van der Waals surface area contributed by atoms with Crippen molar-refractivity contribution >= 4 is 48.3 Å². The quantitative estimate of drug-likeness (QED) is 0.220. The number of furan rings is 1. The van der Waals surface area contributed by atoms with Crippen molar-refractivity contribution in [2.24, 2.45) is 0 Å². The van der Waals surface area contributed by atoms with Crippen LogP contribution in [0.25, 0.3) is 10.2 Å². The van der Waals surface area contributed by atoms with Crippen molar-refractivity contribution in [1.82, 2.24) is 4.98 Å². The minimum absolute atomic E-state index is 0.114. The van der Waals surface area contributed by atoms with E-state index in [0.717, 1.165) is 21.3 Å². The number of benzene rings is 3. The first-order valence-electron chi connectivity index (χ1n) is 12.2. The molecule has 0 aliphatic heterocycles. The largest absolute Gasteiger partial charge is 0.467 e. The Morgan fingerprint density at radius 2 is 1.63 bits per heavy atom. The van der Waals surface area contributed by atoms with Crippen molar-refractivity contribution in [3.8, 4) is 0 Å². The van der Waals surface area contributed by atoms with Gasteiger partial charge in [-0.2, -0.15) is 0 Å². The molecular formula is C29H27N3O4S2. The second kappa shape index (κ2) is 10.4. The molecule has 38 heavy (non-hydrogen) atoms. The number of anilines is 2. The average Bonchev–Trinajstić information content (AvgIpc) is 3.61. The first kappa shape index (κ1) is 25.7. The highest BCUT2D eigenvalue weighted by molar-refractivity contribution is 7.92.